The molecule has 0 radical (unpaired) electrons. The summed E-state index contributed by atoms with van der Waals surface area (Å²) in [5, 5.41) is 18.7. The number of benzene rings is 2. The van der Waals surface area contributed by atoms with Crippen LogP contribution in [0.2, 0.25) is 0 Å². The molecule has 3 aromatic rings. The van der Waals surface area contributed by atoms with E-state index in [-0.39, 0.29) is 6.04 Å². The first-order chi connectivity index (χ1) is 13.2. The van der Waals surface area contributed by atoms with Gasteiger partial charge in [0.05, 0.1) is 28.9 Å². The fourth-order valence-electron chi connectivity index (χ4n) is 3.65. The van der Waals surface area contributed by atoms with Gasteiger partial charge in [-0.3, -0.25) is 15.0 Å². The molecular weight excluding hydrogens is 340 g/mol. The van der Waals surface area contributed by atoms with E-state index in [9.17, 15) is 4.79 Å². The molecule has 1 unspecified atom stereocenters. The maximum Gasteiger partial charge on any atom is 0.274 e. The minimum atomic E-state index is -0.521. The van der Waals surface area contributed by atoms with E-state index in [4.69, 9.17) is 15.5 Å². The van der Waals surface area contributed by atoms with Gasteiger partial charge < -0.3 is 4.90 Å². The Morgan fingerprint density at radius 3 is 2.74 bits per heavy atom. The third kappa shape index (κ3) is 3.21. The maximum absolute atomic E-state index is 11.5. The summed E-state index contributed by atoms with van der Waals surface area (Å²) < 4.78 is 0. The predicted molar refractivity (Wildman–Crippen MR) is 101 cm³/mol. The minimum Gasteiger partial charge on any atom is -0.363 e. The normalized spacial score (nSPS) is 16.3. The molecule has 1 aromatic heterocycles. The lowest BCUT2D eigenvalue weighted by Gasteiger charge is -2.26. The molecule has 2 heterocycles. The van der Waals surface area contributed by atoms with E-state index >= 15 is 0 Å². The van der Waals surface area contributed by atoms with Crippen molar-refractivity contribution in [2.75, 3.05) is 11.4 Å². The Labute approximate surface area is 156 Å². The van der Waals surface area contributed by atoms with Gasteiger partial charge in [0.2, 0.25) is 0 Å². The number of carbonyl (C=O) groups is 1. The molecule has 6 nitrogen and oxygen atoms in total. The standard InChI is InChI=1S/C21H18N4O2/c22-13-14-3-9-18-16(12-14)6-10-19(23-18)20-2-1-11-25(20)17-7-4-15(5-8-17)21(26)24-27/h3-10,12,20,27H,1-2,11H2,(H,24,26). The summed E-state index contributed by atoms with van der Waals surface area (Å²) in [4.78, 5) is 18.6. The van der Waals surface area contributed by atoms with Crippen LogP contribution in [-0.2, 0) is 0 Å². The molecule has 2 N–H and O–H groups in total. The molecule has 1 atom stereocenters. The SMILES string of the molecule is N#Cc1ccc2nc(C3CCCN3c3ccc(C(=O)NO)cc3)ccc2c1. The summed E-state index contributed by atoms with van der Waals surface area (Å²) in [7, 11) is 0. The van der Waals surface area contributed by atoms with Crippen molar-refractivity contribution in [3.8, 4) is 6.07 Å². The van der Waals surface area contributed by atoms with Gasteiger partial charge in [-0.15, -0.1) is 0 Å². The lowest BCUT2D eigenvalue weighted by Crippen LogP contribution is -2.23. The fourth-order valence-corrected chi connectivity index (χ4v) is 3.65. The van der Waals surface area contributed by atoms with E-state index in [0.717, 1.165) is 41.7 Å². The number of rotatable bonds is 3. The summed E-state index contributed by atoms with van der Waals surface area (Å²) in [6.07, 6.45) is 2.07. The molecule has 2 aromatic carbocycles. The van der Waals surface area contributed by atoms with Gasteiger partial charge in [-0.05, 0) is 61.4 Å². The van der Waals surface area contributed by atoms with Crippen LogP contribution < -0.4 is 10.4 Å². The number of fused-ring (bicyclic) bond motifs is 1. The van der Waals surface area contributed by atoms with Crippen molar-refractivity contribution >= 4 is 22.5 Å². The van der Waals surface area contributed by atoms with Gasteiger partial charge in [0.25, 0.3) is 5.91 Å². The molecule has 0 bridgehead atoms. The third-order valence-corrected chi connectivity index (χ3v) is 5.00. The molecule has 134 valence electrons. The second kappa shape index (κ2) is 7.06. The molecule has 27 heavy (non-hydrogen) atoms. The summed E-state index contributed by atoms with van der Waals surface area (Å²) in [5.41, 5.74) is 5.60. The van der Waals surface area contributed by atoms with Crippen LogP contribution >= 0.6 is 0 Å². The number of nitrogens with zero attached hydrogens (tertiary/aromatic N) is 3. The van der Waals surface area contributed by atoms with Crippen LogP contribution in [0.4, 0.5) is 5.69 Å². The van der Waals surface area contributed by atoms with Gasteiger partial charge in [-0.25, -0.2) is 5.48 Å². The predicted octanol–water partition coefficient (Wildman–Crippen LogP) is 3.57. The van der Waals surface area contributed by atoms with Crippen LogP contribution in [0.5, 0.6) is 0 Å². The van der Waals surface area contributed by atoms with Gasteiger partial charge in [0, 0.05) is 23.2 Å². The number of anilines is 1. The second-order valence-corrected chi connectivity index (χ2v) is 6.59. The average molecular weight is 358 g/mol. The monoisotopic (exact) mass is 358 g/mol. The maximum atomic E-state index is 11.5. The van der Waals surface area contributed by atoms with Crippen LogP contribution in [-0.4, -0.2) is 22.6 Å². The van der Waals surface area contributed by atoms with Crippen LogP contribution in [0.25, 0.3) is 10.9 Å². The first-order valence-electron chi connectivity index (χ1n) is 8.81. The molecular formula is C21H18N4O2. The van der Waals surface area contributed by atoms with Crippen molar-refractivity contribution in [3.05, 3.63) is 71.4 Å². The van der Waals surface area contributed by atoms with Crippen molar-refractivity contribution in [3.63, 3.8) is 0 Å². The molecule has 0 aliphatic carbocycles. The summed E-state index contributed by atoms with van der Waals surface area (Å²) >= 11 is 0. The molecule has 0 spiro atoms. The van der Waals surface area contributed by atoms with Gasteiger partial charge in [-0.2, -0.15) is 5.26 Å². The lowest BCUT2D eigenvalue weighted by atomic mass is 10.1. The quantitative estimate of drug-likeness (QED) is 0.552. The van der Waals surface area contributed by atoms with E-state index in [2.05, 4.69) is 11.0 Å². The highest BCUT2D eigenvalue weighted by Crippen LogP contribution is 2.36. The molecule has 6 heteroatoms. The van der Waals surface area contributed by atoms with Crippen LogP contribution in [0, 0.1) is 11.3 Å². The van der Waals surface area contributed by atoms with E-state index in [1.807, 2.05) is 36.4 Å². The highest BCUT2D eigenvalue weighted by atomic mass is 16.5. The molecule has 1 amide bonds. The summed E-state index contributed by atoms with van der Waals surface area (Å²) in [6.45, 7) is 0.920. The zero-order chi connectivity index (χ0) is 18.8. The first-order valence-corrected chi connectivity index (χ1v) is 8.81. The van der Waals surface area contributed by atoms with Crippen molar-refractivity contribution in [1.82, 2.24) is 10.5 Å². The highest BCUT2D eigenvalue weighted by molar-refractivity contribution is 5.93. The molecule has 4 rings (SSSR count). The van der Waals surface area contributed by atoms with E-state index in [1.54, 1.807) is 23.7 Å². The van der Waals surface area contributed by atoms with Gasteiger partial charge in [0.1, 0.15) is 0 Å². The van der Waals surface area contributed by atoms with E-state index < -0.39 is 5.91 Å². The number of hydroxylamine groups is 1. The van der Waals surface area contributed by atoms with Crippen LogP contribution in [0.3, 0.4) is 0 Å². The number of nitriles is 1. The van der Waals surface area contributed by atoms with Gasteiger partial charge in [0.15, 0.2) is 0 Å². The highest BCUT2D eigenvalue weighted by Gasteiger charge is 2.27. The Bertz CT molecular complexity index is 1040. The minimum absolute atomic E-state index is 0.169. The molecule has 1 aliphatic heterocycles. The summed E-state index contributed by atoms with van der Waals surface area (Å²) in [6, 6.07) is 19.1. The number of pyridine rings is 1. The lowest BCUT2D eigenvalue weighted by molar-refractivity contribution is 0.0706. The van der Waals surface area contributed by atoms with Crippen LogP contribution in [0.1, 0.15) is 40.5 Å². The van der Waals surface area contributed by atoms with Crippen molar-refractivity contribution in [1.29, 1.82) is 5.26 Å². The zero-order valence-corrected chi connectivity index (χ0v) is 14.6. The summed E-state index contributed by atoms with van der Waals surface area (Å²) in [5.74, 6) is -0.521. The number of hydrogen-bond donors (Lipinski definition) is 2. The first kappa shape index (κ1) is 17.0. The number of aromatic nitrogens is 1. The Morgan fingerprint density at radius 2 is 2.00 bits per heavy atom. The number of carbonyl (C=O) groups excluding carboxylic acids is 1. The number of nitrogens with one attached hydrogen (secondary N) is 1. The van der Waals surface area contributed by atoms with E-state index in [1.165, 1.54) is 0 Å². The van der Waals surface area contributed by atoms with Crippen LogP contribution in [0.15, 0.2) is 54.6 Å². The topological polar surface area (TPSA) is 89.2 Å². The number of hydrogen-bond acceptors (Lipinski definition) is 5. The molecule has 1 saturated heterocycles. The third-order valence-electron chi connectivity index (χ3n) is 5.00. The Hall–Kier alpha value is -3.43. The number of amides is 1. The zero-order valence-electron chi connectivity index (χ0n) is 14.6. The van der Waals surface area contributed by atoms with Gasteiger partial charge in [-0.1, -0.05) is 6.07 Å². The largest absolute Gasteiger partial charge is 0.363 e. The Morgan fingerprint density at radius 1 is 1.19 bits per heavy atom. The second-order valence-electron chi connectivity index (χ2n) is 6.59. The van der Waals surface area contributed by atoms with Crippen molar-refractivity contribution in [2.24, 2.45) is 0 Å². The Balaban J connectivity index is 1.64. The average Bonchev–Trinajstić information content (AvgIpc) is 3.22. The smallest absolute Gasteiger partial charge is 0.274 e. The molecule has 0 saturated carbocycles. The van der Waals surface area contributed by atoms with E-state index in [0.29, 0.717) is 11.1 Å². The molecule has 1 fully saturated rings. The fraction of sp³-hybridized carbons (Fsp3) is 0.190. The van der Waals surface area contributed by atoms with Crippen molar-refractivity contribution < 1.29 is 10.0 Å². The van der Waals surface area contributed by atoms with Crippen molar-refractivity contribution in [2.45, 2.75) is 18.9 Å². The Kier molecular flexibility index (Phi) is 4.45. The van der Waals surface area contributed by atoms with Gasteiger partial charge >= 0.3 is 0 Å². The molecule has 1 aliphatic rings.